The van der Waals surface area contributed by atoms with Crippen molar-refractivity contribution in [1.29, 1.82) is 0 Å². The zero-order valence-corrected chi connectivity index (χ0v) is 59.5. The molecule has 6 heteroatoms. The highest BCUT2D eigenvalue weighted by Crippen LogP contribution is 2.20. The minimum atomic E-state index is -0.664. The van der Waals surface area contributed by atoms with Crippen LogP contribution in [0.15, 0.2) is 12.2 Å². The van der Waals surface area contributed by atoms with Crippen molar-refractivity contribution in [3.8, 4) is 0 Å². The molecular weight excluding hydrogens is 1070 g/mol. The predicted molar refractivity (Wildman–Crippen MR) is 384 cm³/mol. The van der Waals surface area contributed by atoms with Gasteiger partial charge in [0.15, 0.2) is 0 Å². The molecule has 87 heavy (non-hydrogen) atoms. The predicted octanol–water partition coefficient (Wildman–Crippen LogP) is 26.7. The molecule has 0 spiro atoms. The summed E-state index contributed by atoms with van der Waals surface area (Å²) in [6.07, 6.45) is 97.4. The first-order valence-corrected chi connectivity index (χ1v) is 40.4. The molecule has 2 unspecified atom stereocenters. The van der Waals surface area contributed by atoms with Crippen molar-refractivity contribution in [2.75, 3.05) is 13.2 Å². The Kier molecular flexibility index (Phi) is 75.8. The van der Waals surface area contributed by atoms with Crippen molar-refractivity contribution in [3.63, 3.8) is 0 Å². The van der Waals surface area contributed by atoms with Gasteiger partial charge in [-0.1, -0.05) is 418 Å². The summed E-state index contributed by atoms with van der Waals surface area (Å²) in [5, 5.41) is 23.5. The number of aliphatic hydroxyl groups excluding tert-OH is 2. The molecule has 0 saturated heterocycles. The second-order valence-electron chi connectivity index (χ2n) is 28.1. The first kappa shape index (κ1) is 85.6. The van der Waals surface area contributed by atoms with Gasteiger partial charge in [-0.3, -0.25) is 9.59 Å². The van der Waals surface area contributed by atoms with Gasteiger partial charge < -0.3 is 20.3 Å². The summed E-state index contributed by atoms with van der Waals surface area (Å²) in [4.78, 5) is 24.7. The molecule has 0 bridgehead atoms. The fourth-order valence-electron chi connectivity index (χ4n) is 13.2. The maximum absolute atomic E-state index is 12.6. The van der Waals surface area contributed by atoms with Gasteiger partial charge in [-0.05, 0) is 51.4 Å². The van der Waals surface area contributed by atoms with E-state index in [1.54, 1.807) is 0 Å². The summed E-state index contributed by atoms with van der Waals surface area (Å²) in [7, 11) is 0. The van der Waals surface area contributed by atoms with E-state index in [-0.39, 0.29) is 18.5 Å². The summed E-state index contributed by atoms with van der Waals surface area (Å²) < 4.78 is 5.50. The number of allylic oxidation sites excluding steroid dienone is 2. The van der Waals surface area contributed by atoms with Gasteiger partial charge in [-0.2, -0.15) is 0 Å². The summed E-state index contributed by atoms with van der Waals surface area (Å²) >= 11 is 0. The van der Waals surface area contributed by atoms with Crippen LogP contribution in [0.25, 0.3) is 0 Å². The van der Waals surface area contributed by atoms with E-state index >= 15 is 0 Å². The molecule has 0 saturated carbocycles. The summed E-state index contributed by atoms with van der Waals surface area (Å²) in [5.74, 6) is -0.00563. The van der Waals surface area contributed by atoms with E-state index in [2.05, 4.69) is 31.3 Å². The highest BCUT2D eigenvalue weighted by Gasteiger charge is 2.20. The third-order valence-electron chi connectivity index (χ3n) is 19.3. The molecular formula is C81H159NO5. The standard InChI is InChI=1S/C81H159NO5/c1-3-5-7-9-11-13-15-17-19-20-21-22-23-30-33-36-39-42-46-49-53-57-61-65-69-73-79(84)78(77-83)82-80(85)74-70-66-62-58-54-50-47-43-40-37-34-31-28-26-24-25-27-29-32-35-38-41-44-48-52-56-60-64-68-72-76-87-81(86)75-71-67-63-59-55-51-45-18-16-14-12-10-8-6-4-2/h25,27,78-79,83-84H,3-24,26,28-77H2,1-2H3,(H,82,85)/b27-25-. The topological polar surface area (TPSA) is 95.9 Å². The van der Waals surface area contributed by atoms with Gasteiger partial charge >= 0.3 is 5.97 Å². The summed E-state index contributed by atoms with van der Waals surface area (Å²) in [5.41, 5.74) is 0. The zero-order valence-electron chi connectivity index (χ0n) is 59.5. The van der Waals surface area contributed by atoms with E-state index in [9.17, 15) is 19.8 Å². The van der Waals surface area contributed by atoms with Crippen LogP contribution in [0.1, 0.15) is 470 Å². The number of amides is 1. The SMILES string of the molecule is CCCCCCCCCCCCCCCCCCCCCCCCCCCC(O)C(CO)NC(=O)CCCCCCCCCCCCCCCC/C=C\CCCCCCCCCCCCCCOC(=O)CCCCCCCCCCCCCCCCC. The highest BCUT2D eigenvalue weighted by atomic mass is 16.5. The monoisotopic (exact) mass is 1230 g/mol. The second kappa shape index (κ2) is 77.1. The average molecular weight is 1230 g/mol. The van der Waals surface area contributed by atoms with Crippen molar-refractivity contribution >= 4 is 11.9 Å². The Morgan fingerprint density at radius 2 is 0.540 bits per heavy atom. The largest absolute Gasteiger partial charge is 0.466 e. The van der Waals surface area contributed by atoms with E-state index in [0.29, 0.717) is 25.9 Å². The quantitative estimate of drug-likeness (QED) is 0.0320. The third kappa shape index (κ3) is 73.5. The summed E-state index contributed by atoms with van der Waals surface area (Å²) in [6.45, 7) is 5.02. The van der Waals surface area contributed by atoms with Gasteiger partial charge in [0, 0.05) is 12.8 Å². The molecule has 0 aromatic rings. The lowest BCUT2D eigenvalue weighted by molar-refractivity contribution is -0.143. The molecule has 0 aliphatic carbocycles. The lowest BCUT2D eigenvalue weighted by Gasteiger charge is -2.22. The molecule has 0 aromatic heterocycles. The molecule has 0 rings (SSSR count). The van der Waals surface area contributed by atoms with Gasteiger partial charge in [0.05, 0.1) is 25.4 Å². The van der Waals surface area contributed by atoms with Crippen LogP contribution in [-0.4, -0.2) is 47.4 Å². The van der Waals surface area contributed by atoms with E-state index in [1.807, 2.05) is 0 Å². The Bertz CT molecular complexity index is 1320. The number of rotatable bonds is 77. The number of carbonyl (C=O) groups excluding carboxylic acids is 2. The fraction of sp³-hybridized carbons (Fsp3) is 0.951. The first-order chi connectivity index (χ1) is 43.0. The smallest absolute Gasteiger partial charge is 0.305 e. The van der Waals surface area contributed by atoms with Crippen LogP contribution in [0.2, 0.25) is 0 Å². The Labute approximate surface area is 546 Å². The van der Waals surface area contributed by atoms with Crippen LogP contribution in [0.4, 0.5) is 0 Å². The van der Waals surface area contributed by atoms with E-state index < -0.39 is 12.1 Å². The maximum atomic E-state index is 12.6. The van der Waals surface area contributed by atoms with Crippen LogP contribution >= 0.6 is 0 Å². The van der Waals surface area contributed by atoms with Crippen LogP contribution < -0.4 is 5.32 Å². The van der Waals surface area contributed by atoms with E-state index in [0.717, 1.165) is 38.5 Å². The normalized spacial score (nSPS) is 12.5. The lowest BCUT2D eigenvalue weighted by Crippen LogP contribution is -2.45. The van der Waals surface area contributed by atoms with Crippen LogP contribution in [0.5, 0.6) is 0 Å². The number of esters is 1. The number of aliphatic hydroxyl groups is 2. The molecule has 0 heterocycles. The van der Waals surface area contributed by atoms with Crippen LogP contribution in [0, 0.1) is 0 Å². The molecule has 0 fully saturated rings. The van der Waals surface area contributed by atoms with Crippen molar-refractivity contribution in [3.05, 3.63) is 12.2 Å². The Hall–Kier alpha value is -1.40. The Balaban J connectivity index is 3.36. The number of nitrogens with one attached hydrogen (secondary N) is 1. The minimum Gasteiger partial charge on any atom is -0.466 e. The number of hydrogen-bond donors (Lipinski definition) is 3. The summed E-state index contributed by atoms with van der Waals surface area (Å²) in [6, 6.07) is -0.541. The maximum Gasteiger partial charge on any atom is 0.305 e. The fourth-order valence-corrected chi connectivity index (χ4v) is 13.2. The number of unbranched alkanes of at least 4 members (excludes halogenated alkanes) is 64. The van der Waals surface area contributed by atoms with Crippen LogP contribution in [0.3, 0.4) is 0 Å². The molecule has 518 valence electrons. The lowest BCUT2D eigenvalue weighted by atomic mass is 10.0. The van der Waals surface area contributed by atoms with Crippen molar-refractivity contribution < 1.29 is 24.5 Å². The Morgan fingerprint density at radius 3 is 0.816 bits per heavy atom. The van der Waals surface area contributed by atoms with E-state index in [1.165, 1.54) is 398 Å². The average Bonchev–Trinajstić information content (AvgIpc) is 3.54. The molecule has 0 aliphatic rings. The molecule has 1 amide bonds. The first-order valence-electron chi connectivity index (χ1n) is 40.4. The number of ether oxygens (including phenoxy) is 1. The molecule has 0 aromatic carbocycles. The third-order valence-corrected chi connectivity index (χ3v) is 19.3. The molecule has 2 atom stereocenters. The van der Waals surface area contributed by atoms with Crippen molar-refractivity contribution in [2.45, 2.75) is 482 Å². The van der Waals surface area contributed by atoms with Crippen molar-refractivity contribution in [2.24, 2.45) is 0 Å². The van der Waals surface area contributed by atoms with Gasteiger partial charge in [-0.25, -0.2) is 0 Å². The van der Waals surface area contributed by atoms with Gasteiger partial charge in [0.2, 0.25) is 5.91 Å². The Morgan fingerprint density at radius 1 is 0.310 bits per heavy atom. The van der Waals surface area contributed by atoms with Gasteiger partial charge in [0.25, 0.3) is 0 Å². The van der Waals surface area contributed by atoms with Crippen molar-refractivity contribution in [1.82, 2.24) is 5.32 Å². The molecule has 0 radical (unpaired) electrons. The zero-order chi connectivity index (χ0) is 62.8. The second-order valence-corrected chi connectivity index (χ2v) is 28.1. The minimum absolute atomic E-state index is 0.0215. The van der Waals surface area contributed by atoms with Gasteiger partial charge in [-0.15, -0.1) is 0 Å². The van der Waals surface area contributed by atoms with Crippen LogP contribution in [-0.2, 0) is 14.3 Å². The van der Waals surface area contributed by atoms with Gasteiger partial charge in [0.1, 0.15) is 0 Å². The highest BCUT2D eigenvalue weighted by molar-refractivity contribution is 5.76. The molecule has 6 nitrogen and oxygen atoms in total. The molecule has 0 aliphatic heterocycles. The number of carbonyl (C=O) groups is 2. The van der Waals surface area contributed by atoms with E-state index in [4.69, 9.17) is 4.74 Å². The number of hydrogen-bond acceptors (Lipinski definition) is 5. The molecule has 3 N–H and O–H groups in total.